The molecule has 0 bridgehead atoms. The Kier molecular flexibility index (Phi) is 8.07. The van der Waals surface area contributed by atoms with E-state index in [1.165, 1.54) is 5.52 Å². The van der Waals surface area contributed by atoms with E-state index in [0.717, 1.165) is 66.6 Å². The summed E-state index contributed by atoms with van der Waals surface area (Å²) >= 11 is 1.66. The van der Waals surface area contributed by atoms with Gasteiger partial charge in [-0.3, -0.25) is 4.79 Å². The topological polar surface area (TPSA) is 59.4 Å². The van der Waals surface area contributed by atoms with Crippen molar-refractivity contribution in [1.82, 2.24) is 9.55 Å². The van der Waals surface area contributed by atoms with E-state index < -0.39 is 0 Å². The first kappa shape index (κ1) is 25.6. The summed E-state index contributed by atoms with van der Waals surface area (Å²) in [4.78, 5) is 18.1. The molecule has 1 aliphatic heterocycles. The van der Waals surface area contributed by atoms with Gasteiger partial charge in [0.2, 0.25) is 5.91 Å². The first-order valence-electron chi connectivity index (χ1n) is 12.6. The van der Waals surface area contributed by atoms with Gasteiger partial charge in [0.1, 0.15) is 5.82 Å². The molecule has 1 saturated heterocycles. The van der Waals surface area contributed by atoms with Gasteiger partial charge in [0.15, 0.2) is 0 Å². The number of nitrogens with one attached hydrogen (secondary N) is 1. The van der Waals surface area contributed by atoms with Crippen molar-refractivity contribution in [2.24, 2.45) is 5.92 Å². The molecule has 0 saturated carbocycles. The molecule has 0 unspecified atom stereocenters. The van der Waals surface area contributed by atoms with Crippen molar-refractivity contribution in [3.63, 3.8) is 0 Å². The van der Waals surface area contributed by atoms with Crippen molar-refractivity contribution >= 4 is 40.3 Å². The second-order valence-corrected chi connectivity index (χ2v) is 11.6. The molecule has 1 N–H and O–H groups in total. The average molecular weight is 495 g/mol. The molecule has 2 heterocycles. The fourth-order valence-electron chi connectivity index (χ4n) is 4.52. The zero-order valence-corrected chi connectivity index (χ0v) is 22.5. The van der Waals surface area contributed by atoms with E-state index in [1.54, 1.807) is 11.9 Å². The molecule has 0 atom stereocenters. The number of anilines is 2. The molecular weight excluding hydrogens is 456 g/mol. The van der Waals surface area contributed by atoms with Gasteiger partial charge in [-0.1, -0.05) is 27.7 Å². The highest BCUT2D eigenvalue weighted by Crippen LogP contribution is 2.33. The quantitative estimate of drug-likeness (QED) is 0.356. The molecule has 6 nitrogen and oxygen atoms in total. The van der Waals surface area contributed by atoms with E-state index in [4.69, 9.17) is 9.72 Å². The standard InChI is InChI=1S/C28H38N4O2S/c1-6-7-26(33)29-21-8-11-23(12-9-21)35-31(5)22-10-13-25-24(18-22)30-27(28(2,3)4)32(25)19-20-14-16-34-17-15-20/h8-13,18,20H,6-7,14-17,19H2,1-5H3,(H,29,33). The molecule has 7 heteroatoms. The lowest BCUT2D eigenvalue weighted by Gasteiger charge is -2.26. The smallest absolute Gasteiger partial charge is 0.224 e. The zero-order valence-electron chi connectivity index (χ0n) is 21.6. The number of fused-ring (bicyclic) bond motifs is 1. The molecular formula is C28H38N4O2S. The molecule has 0 radical (unpaired) electrons. The van der Waals surface area contributed by atoms with Crippen LogP contribution < -0.4 is 9.62 Å². The number of carbonyl (C=O) groups is 1. The third kappa shape index (κ3) is 6.39. The van der Waals surface area contributed by atoms with Crippen molar-refractivity contribution in [2.75, 3.05) is 29.9 Å². The lowest BCUT2D eigenvalue weighted by atomic mass is 9.94. The van der Waals surface area contributed by atoms with Crippen LogP contribution in [0.3, 0.4) is 0 Å². The fraction of sp³-hybridized carbons (Fsp3) is 0.500. The van der Waals surface area contributed by atoms with E-state index in [9.17, 15) is 4.79 Å². The van der Waals surface area contributed by atoms with Crippen molar-refractivity contribution in [3.05, 3.63) is 48.3 Å². The average Bonchev–Trinajstić information content (AvgIpc) is 3.19. The molecule has 4 rings (SSSR count). The second-order valence-electron chi connectivity index (χ2n) is 10.4. The van der Waals surface area contributed by atoms with Gasteiger partial charge in [-0.2, -0.15) is 0 Å². The highest BCUT2D eigenvalue weighted by atomic mass is 32.2. The lowest BCUT2D eigenvalue weighted by Crippen LogP contribution is -2.25. The third-order valence-corrected chi connectivity index (χ3v) is 7.37. The highest BCUT2D eigenvalue weighted by Gasteiger charge is 2.25. The van der Waals surface area contributed by atoms with Crippen molar-refractivity contribution in [2.45, 2.75) is 70.2 Å². The van der Waals surface area contributed by atoms with Crippen LogP contribution in [0.2, 0.25) is 0 Å². The van der Waals surface area contributed by atoms with Crippen LogP contribution in [0.5, 0.6) is 0 Å². The van der Waals surface area contributed by atoms with Gasteiger partial charge in [0.25, 0.3) is 0 Å². The molecule has 1 fully saturated rings. The maximum Gasteiger partial charge on any atom is 0.224 e. The number of ether oxygens (including phenoxy) is 1. The van der Waals surface area contributed by atoms with Crippen LogP contribution in [0.4, 0.5) is 11.4 Å². The molecule has 188 valence electrons. The molecule has 0 spiro atoms. The van der Waals surface area contributed by atoms with Crippen molar-refractivity contribution < 1.29 is 9.53 Å². The summed E-state index contributed by atoms with van der Waals surface area (Å²) in [6.07, 6.45) is 3.62. The molecule has 0 aliphatic carbocycles. The van der Waals surface area contributed by atoms with Crippen LogP contribution in [-0.4, -0.2) is 35.7 Å². The number of benzene rings is 2. The summed E-state index contributed by atoms with van der Waals surface area (Å²) in [5.74, 6) is 1.84. The summed E-state index contributed by atoms with van der Waals surface area (Å²) in [5, 5.41) is 2.94. The Morgan fingerprint density at radius 1 is 1.17 bits per heavy atom. The summed E-state index contributed by atoms with van der Waals surface area (Å²) in [6, 6.07) is 14.6. The minimum Gasteiger partial charge on any atom is -0.381 e. The molecule has 3 aromatic rings. The molecule has 1 aliphatic rings. The third-order valence-electron chi connectivity index (χ3n) is 6.41. The number of imidazole rings is 1. The van der Waals surface area contributed by atoms with Gasteiger partial charge in [-0.25, -0.2) is 4.98 Å². The number of amides is 1. The Labute approximate surface area is 213 Å². The number of carbonyl (C=O) groups excluding carboxylic acids is 1. The number of rotatable bonds is 8. The van der Waals surface area contributed by atoms with Gasteiger partial charge >= 0.3 is 0 Å². The Morgan fingerprint density at radius 2 is 1.89 bits per heavy atom. The zero-order chi connectivity index (χ0) is 25.0. The number of hydrogen-bond donors (Lipinski definition) is 1. The number of nitrogens with zero attached hydrogens (tertiary/aromatic N) is 3. The van der Waals surface area contributed by atoms with E-state index in [-0.39, 0.29) is 11.3 Å². The first-order valence-corrected chi connectivity index (χ1v) is 13.4. The van der Waals surface area contributed by atoms with Crippen LogP contribution in [0.1, 0.15) is 59.2 Å². The molecule has 1 amide bonds. The van der Waals surface area contributed by atoms with Gasteiger partial charge in [0.05, 0.1) is 11.0 Å². The largest absolute Gasteiger partial charge is 0.381 e. The first-order chi connectivity index (χ1) is 16.7. The Bertz CT molecular complexity index is 1140. The Balaban J connectivity index is 1.52. The summed E-state index contributed by atoms with van der Waals surface area (Å²) in [6.45, 7) is 11.5. The van der Waals surface area contributed by atoms with Gasteiger partial charge in [0, 0.05) is 54.9 Å². The Morgan fingerprint density at radius 3 is 2.54 bits per heavy atom. The van der Waals surface area contributed by atoms with Gasteiger partial charge in [-0.05, 0) is 79.6 Å². The summed E-state index contributed by atoms with van der Waals surface area (Å²) < 4.78 is 10.2. The molecule has 2 aromatic carbocycles. The minimum atomic E-state index is -0.0285. The predicted molar refractivity (Wildman–Crippen MR) is 146 cm³/mol. The minimum absolute atomic E-state index is 0.0285. The Hall–Kier alpha value is -2.51. The van der Waals surface area contributed by atoms with Crippen molar-refractivity contribution in [3.8, 4) is 0 Å². The number of aromatic nitrogens is 2. The SMILES string of the molecule is CCCC(=O)Nc1ccc(SN(C)c2ccc3c(c2)nc(C(C)(C)C)n3CC2CCOCC2)cc1. The molecule has 35 heavy (non-hydrogen) atoms. The van der Waals surface area contributed by atoms with Crippen LogP contribution >= 0.6 is 11.9 Å². The highest BCUT2D eigenvalue weighted by molar-refractivity contribution is 8.00. The maximum absolute atomic E-state index is 11.8. The van der Waals surface area contributed by atoms with E-state index >= 15 is 0 Å². The van der Waals surface area contributed by atoms with Gasteiger partial charge < -0.3 is 18.9 Å². The van der Waals surface area contributed by atoms with E-state index in [0.29, 0.717) is 12.3 Å². The monoisotopic (exact) mass is 494 g/mol. The second kappa shape index (κ2) is 11.0. The van der Waals surface area contributed by atoms with Crippen molar-refractivity contribution in [1.29, 1.82) is 0 Å². The number of hydrogen-bond acceptors (Lipinski definition) is 5. The predicted octanol–water partition coefficient (Wildman–Crippen LogP) is 6.64. The van der Waals surface area contributed by atoms with E-state index in [2.05, 4.69) is 60.2 Å². The normalized spacial score (nSPS) is 14.9. The van der Waals surface area contributed by atoms with Crippen LogP contribution in [-0.2, 0) is 21.5 Å². The van der Waals surface area contributed by atoms with Crippen LogP contribution in [0, 0.1) is 5.92 Å². The van der Waals surface area contributed by atoms with Gasteiger partial charge in [-0.15, -0.1) is 0 Å². The summed E-state index contributed by atoms with van der Waals surface area (Å²) in [5.41, 5.74) is 4.16. The molecule has 1 aromatic heterocycles. The van der Waals surface area contributed by atoms with Crippen LogP contribution in [0.15, 0.2) is 47.4 Å². The van der Waals surface area contributed by atoms with E-state index in [1.807, 2.05) is 31.2 Å². The summed E-state index contributed by atoms with van der Waals surface area (Å²) in [7, 11) is 2.08. The maximum atomic E-state index is 11.8. The lowest BCUT2D eigenvalue weighted by molar-refractivity contribution is -0.116. The van der Waals surface area contributed by atoms with Crippen LogP contribution in [0.25, 0.3) is 11.0 Å². The fourth-order valence-corrected chi connectivity index (χ4v) is 5.31.